The largest absolute Gasteiger partial charge is 0.494 e. The van der Waals surface area contributed by atoms with Crippen molar-refractivity contribution < 1.29 is 9.30 Å². The fourth-order valence-electron chi connectivity index (χ4n) is 5.77. The van der Waals surface area contributed by atoms with Gasteiger partial charge in [0.2, 0.25) is 5.95 Å². The Labute approximate surface area is 248 Å². The molecule has 2 fully saturated rings. The van der Waals surface area contributed by atoms with Crippen LogP contribution < -0.4 is 30.9 Å². The zero-order chi connectivity index (χ0) is 29.0. The zero-order valence-electron chi connectivity index (χ0n) is 24.4. The van der Waals surface area contributed by atoms with Crippen LogP contribution in [0.25, 0.3) is 0 Å². The van der Waals surface area contributed by atoms with Crippen LogP contribution >= 0.6 is 18.7 Å². The Kier molecular flexibility index (Phi) is 9.39. The number of nitrogens with one attached hydrogen (secondary N) is 3. The normalized spacial score (nSPS) is 17.0. The molecule has 0 saturated carbocycles. The van der Waals surface area contributed by atoms with Crippen LogP contribution in [0.1, 0.15) is 25.3 Å². The van der Waals surface area contributed by atoms with Gasteiger partial charge >= 0.3 is 0 Å². The molecule has 1 aromatic heterocycles. The minimum atomic E-state index is -2.51. The topological polar surface area (TPSA) is 94.6 Å². The first-order chi connectivity index (χ1) is 19.8. The van der Waals surface area contributed by atoms with E-state index in [0.29, 0.717) is 28.5 Å². The lowest BCUT2D eigenvalue weighted by molar-refractivity contribution is 0.153. The van der Waals surface area contributed by atoms with E-state index in [0.717, 1.165) is 62.4 Å². The monoisotopic (exact) mass is 597 g/mol. The molecule has 5 rings (SSSR count). The fraction of sp³-hybridized carbons (Fsp3) is 0.467. The summed E-state index contributed by atoms with van der Waals surface area (Å²) in [5, 5.41) is 11.2. The van der Waals surface area contributed by atoms with Gasteiger partial charge in [-0.05, 0) is 69.4 Å². The third-order valence-corrected chi connectivity index (χ3v) is 9.82. The van der Waals surface area contributed by atoms with Gasteiger partial charge in [0.05, 0.1) is 24.7 Å². The van der Waals surface area contributed by atoms with E-state index in [2.05, 4.69) is 54.8 Å². The van der Waals surface area contributed by atoms with Crippen LogP contribution in [0.15, 0.2) is 42.6 Å². The summed E-state index contributed by atoms with van der Waals surface area (Å²) in [7, 11) is -0.826. The van der Waals surface area contributed by atoms with E-state index in [4.69, 9.17) is 16.3 Å². The molecule has 0 spiro atoms. The molecule has 3 N–H and O–H groups in total. The molecule has 0 aliphatic carbocycles. The van der Waals surface area contributed by atoms with Crippen molar-refractivity contribution in [1.29, 1.82) is 0 Å². The SMILES string of the molecule is CCc1cc(Nc2ncc(Cl)c(Nc3ccccc3P(C)(C)=O)n2)c(OC)cc1N1CCN(C2CCNCC2)CC1. The number of benzene rings is 2. The number of ether oxygens (including phenoxy) is 1. The first-order valence-electron chi connectivity index (χ1n) is 14.4. The highest BCUT2D eigenvalue weighted by Crippen LogP contribution is 2.39. The molecule has 0 radical (unpaired) electrons. The Bertz CT molecular complexity index is 1400. The Balaban J connectivity index is 1.35. The number of aryl methyl sites for hydroxylation is 1. The van der Waals surface area contributed by atoms with Crippen LogP contribution in [0, 0.1) is 0 Å². The van der Waals surface area contributed by atoms with Crippen molar-refractivity contribution in [3.05, 3.63) is 53.2 Å². The maximum atomic E-state index is 12.8. The van der Waals surface area contributed by atoms with E-state index in [1.807, 2.05) is 24.3 Å². The predicted octanol–water partition coefficient (Wildman–Crippen LogP) is 5.31. The van der Waals surface area contributed by atoms with Crippen molar-refractivity contribution in [2.45, 2.75) is 32.2 Å². The van der Waals surface area contributed by atoms with Crippen LogP contribution in [0.3, 0.4) is 0 Å². The molecular weight excluding hydrogens is 557 g/mol. The smallest absolute Gasteiger partial charge is 0.229 e. The molecule has 2 aliphatic heterocycles. The second kappa shape index (κ2) is 13.0. The summed E-state index contributed by atoms with van der Waals surface area (Å²) in [6.07, 6.45) is 4.93. The first-order valence-corrected chi connectivity index (χ1v) is 17.4. The molecule has 3 aromatic rings. The summed E-state index contributed by atoms with van der Waals surface area (Å²) < 4.78 is 18.7. The molecule has 0 unspecified atom stereocenters. The fourth-order valence-corrected chi connectivity index (χ4v) is 7.06. The van der Waals surface area contributed by atoms with Crippen molar-refractivity contribution in [3.63, 3.8) is 0 Å². The van der Waals surface area contributed by atoms with Crippen LogP contribution in [-0.2, 0) is 11.0 Å². The molecule has 9 nitrogen and oxygen atoms in total. The number of hydrogen-bond acceptors (Lipinski definition) is 9. The van der Waals surface area contributed by atoms with Gasteiger partial charge in [-0.15, -0.1) is 0 Å². The van der Waals surface area contributed by atoms with Crippen molar-refractivity contribution in [3.8, 4) is 5.75 Å². The third kappa shape index (κ3) is 6.97. The summed E-state index contributed by atoms with van der Waals surface area (Å²) in [4.78, 5) is 14.2. The molecule has 41 heavy (non-hydrogen) atoms. The van der Waals surface area contributed by atoms with Crippen molar-refractivity contribution in [1.82, 2.24) is 20.2 Å². The Hall–Kier alpha value is -2.84. The van der Waals surface area contributed by atoms with Gasteiger partial charge in [-0.25, -0.2) is 4.98 Å². The zero-order valence-corrected chi connectivity index (χ0v) is 26.1. The second-order valence-corrected chi connectivity index (χ2v) is 14.6. The van der Waals surface area contributed by atoms with Gasteiger partial charge in [-0.1, -0.05) is 30.7 Å². The summed E-state index contributed by atoms with van der Waals surface area (Å²) in [5.41, 5.74) is 3.97. The number of rotatable bonds is 9. The summed E-state index contributed by atoms with van der Waals surface area (Å²) in [6.45, 7) is 12.1. The number of methoxy groups -OCH3 is 1. The van der Waals surface area contributed by atoms with Gasteiger partial charge in [0.15, 0.2) is 5.82 Å². The van der Waals surface area contributed by atoms with Crippen molar-refractivity contribution in [2.24, 2.45) is 0 Å². The molecule has 2 aliphatic rings. The number of hydrogen-bond donors (Lipinski definition) is 3. The van der Waals surface area contributed by atoms with Gasteiger partial charge in [0.25, 0.3) is 0 Å². The number of anilines is 5. The van der Waals surface area contributed by atoms with E-state index < -0.39 is 7.14 Å². The minimum Gasteiger partial charge on any atom is -0.494 e. The molecule has 220 valence electrons. The lowest BCUT2D eigenvalue weighted by atomic mass is 10.0. The van der Waals surface area contributed by atoms with Gasteiger partial charge in [-0.2, -0.15) is 4.98 Å². The van der Waals surface area contributed by atoms with Crippen molar-refractivity contribution in [2.75, 3.05) is 75.2 Å². The summed E-state index contributed by atoms with van der Waals surface area (Å²) in [5.74, 6) is 1.55. The van der Waals surface area contributed by atoms with E-state index in [1.54, 1.807) is 26.6 Å². The second-order valence-electron chi connectivity index (χ2n) is 11.0. The number of nitrogens with zero attached hydrogens (tertiary/aromatic N) is 4. The minimum absolute atomic E-state index is 0.368. The summed E-state index contributed by atoms with van der Waals surface area (Å²) >= 11 is 6.47. The maximum absolute atomic E-state index is 12.8. The number of para-hydroxylation sites is 1. The number of piperidine rings is 1. The van der Waals surface area contributed by atoms with E-state index in [-0.39, 0.29) is 0 Å². The highest BCUT2D eigenvalue weighted by atomic mass is 35.5. The number of halogens is 1. The molecule has 0 bridgehead atoms. The van der Waals surface area contributed by atoms with Gasteiger partial charge in [0.1, 0.15) is 17.9 Å². The van der Waals surface area contributed by atoms with Gasteiger partial charge in [-0.3, -0.25) is 4.90 Å². The van der Waals surface area contributed by atoms with Gasteiger partial charge < -0.3 is 30.2 Å². The Morgan fingerprint density at radius 2 is 1.80 bits per heavy atom. The maximum Gasteiger partial charge on any atom is 0.229 e. The number of aromatic nitrogens is 2. The molecule has 2 aromatic carbocycles. The van der Waals surface area contributed by atoms with Crippen molar-refractivity contribution >= 4 is 52.9 Å². The quantitative estimate of drug-likeness (QED) is 0.284. The standard InChI is InChI=1S/C30H41ClN7O2P/c1-5-21-18-25(27(40-2)19-26(21)38-16-14-37(15-17-38)22-10-12-32-13-11-22)35-30-33-20-23(31)29(36-30)34-24-8-6-7-9-28(24)41(3,4)39/h6-9,18-20,22,32H,5,10-17H2,1-4H3,(H2,33,34,35,36). The first kappa shape index (κ1) is 29.6. The molecule has 11 heteroatoms. The molecule has 2 saturated heterocycles. The van der Waals surface area contributed by atoms with E-state index in [1.165, 1.54) is 24.1 Å². The van der Waals surface area contributed by atoms with Crippen LogP contribution in [-0.4, -0.2) is 80.6 Å². The van der Waals surface area contributed by atoms with E-state index >= 15 is 0 Å². The van der Waals surface area contributed by atoms with Crippen LogP contribution in [0.4, 0.5) is 28.8 Å². The lowest BCUT2D eigenvalue weighted by Crippen LogP contribution is -2.53. The lowest BCUT2D eigenvalue weighted by Gasteiger charge is -2.42. The molecule has 0 atom stereocenters. The van der Waals surface area contributed by atoms with Crippen LogP contribution in [0.5, 0.6) is 5.75 Å². The average molecular weight is 598 g/mol. The summed E-state index contributed by atoms with van der Waals surface area (Å²) in [6, 6.07) is 12.5. The van der Waals surface area contributed by atoms with Crippen LogP contribution in [0.2, 0.25) is 5.02 Å². The highest BCUT2D eigenvalue weighted by Gasteiger charge is 2.26. The third-order valence-electron chi connectivity index (χ3n) is 7.99. The van der Waals surface area contributed by atoms with E-state index in [9.17, 15) is 4.57 Å². The Morgan fingerprint density at radius 3 is 2.49 bits per heavy atom. The van der Waals surface area contributed by atoms with Gasteiger partial charge in [0, 0.05) is 49.3 Å². The Morgan fingerprint density at radius 1 is 1.07 bits per heavy atom. The molecule has 0 amide bonds. The average Bonchev–Trinajstić information content (AvgIpc) is 2.99. The highest BCUT2D eigenvalue weighted by molar-refractivity contribution is 7.70. The number of piperazine rings is 1. The molecular formula is C30H41ClN7O2P. The predicted molar refractivity (Wildman–Crippen MR) is 171 cm³/mol. The molecule has 3 heterocycles.